The van der Waals surface area contributed by atoms with Crippen molar-refractivity contribution in [1.82, 2.24) is 9.97 Å². The predicted molar refractivity (Wildman–Crippen MR) is 103 cm³/mol. The zero-order valence-corrected chi connectivity index (χ0v) is 14.6. The Morgan fingerprint density at radius 2 is 1.80 bits per heavy atom. The van der Waals surface area contributed by atoms with E-state index in [0.29, 0.717) is 6.54 Å². The number of nitrogens with zero attached hydrogens (tertiary/aromatic N) is 2. The second-order valence-corrected chi connectivity index (χ2v) is 6.67. The maximum atomic E-state index is 5.20. The van der Waals surface area contributed by atoms with E-state index in [9.17, 15) is 0 Å². The largest absolute Gasteiger partial charge is 0.497 e. The molecule has 0 aliphatic rings. The van der Waals surface area contributed by atoms with E-state index in [1.54, 1.807) is 24.8 Å². The van der Waals surface area contributed by atoms with Crippen molar-refractivity contribution in [3.63, 3.8) is 0 Å². The van der Waals surface area contributed by atoms with Gasteiger partial charge in [0.15, 0.2) is 0 Å². The number of thiophene rings is 1. The Labute approximate surface area is 150 Å². The number of rotatable bonds is 5. The Bertz CT molecular complexity index is 981. The molecule has 2 aromatic carbocycles. The standard InChI is InChI=1S/C20H17N3OS/c1-24-16-9-7-14(8-10-16)12-21-20-19-17(22-13-23-20)11-18(25-19)15-5-3-2-4-6-15/h2-11,13H,12H2,1H3,(H,21,22,23). The Morgan fingerprint density at radius 1 is 1.00 bits per heavy atom. The van der Waals surface area contributed by atoms with Gasteiger partial charge in [-0.2, -0.15) is 0 Å². The summed E-state index contributed by atoms with van der Waals surface area (Å²) < 4.78 is 6.27. The van der Waals surface area contributed by atoms with E-state index < -0.39 is 0 Å². The van der Waals surface area contributed by atoms with Gasteiger partial charge in [0.05, 0.1) is 17.3 Å². The van der Waals surface area contributed by atoms with Crippen LogP contribution in [0, 0.1) is 0 Å². The molecule has 124 valence electrons. The third-order valence-electron chi connectivity index (χ3n) is 3.99. The summed E-state index contributed by atoms with van der Waals surface area (Å²) in [6.45, 7) is 0.703. The topological polar surface area (TPSA) is 47.0 Å². The van der Waals surface area contributed by atoms with Crippen molar-refractivity contribution < 1.29 is 4.74 Å². The lowest BCUT2D eigenvalue weighted by Crippen LogP contribution is -2.01. The lowest BCUT2D eigenvalue weighted by atomic mass is 10.2. The zero-order chi connectivity index (χ0) is 17.1. The Morgan fingerprint density at radius 3 is 2.56 bits per heavy atom. The summed E-state index contributed by atoms with van der Waals surface area (Å²) in [5.74, 6) is 1.73. The van der Waals surface area contributed by atoms with Crippen LogP contribution in [0.4, 0.5) is 5.82 Å². The van der Waals surface area contributed by atoms with Crippen LogP contribution in [0.3, 0.4) is 0 Å². The van der Waals surface area contributed by atoms with E-state index in [1.165, 1.54) is 16.0 Å². The number of hydrogen-bond donors (Lipinski definition) is 1. The van der Waals surface area contributed by atoms with E-state index in [0.717, 1.165) is 21.8 Å². The van der Waals surface area contributed by atoms with E-state index in [-0.39, 0.29) is 0 Å². The summed E-state index contributed by atoms with van der Waals surface area (Å²) in [6, 6.07) is 20.5. The smallest absolute Gasteiger partial charge is 0.147 e. The maximum absolute atomic E-state index is 5.20. The highest BCUT2D eigenvalue weighted by atomic mass is 32.1. The van der Waals surface area contributed by atoms with Gasteiger partial charge >= 0.3 is 0 Å². The summed E-state index contributed by atoms with van der Waals surface area (Å²) in [5, 5.41) is 3.42. The summed E-state index contributed by atoms with van der Waals surface area (Å²) >= 11 is 1.71. The molecule has 4 rings (SSSR count). The molecule has 1 N–H and O–H groups in total. The fourth-order valence-electron chi connectivity index (χ4n) is 2.65. The molecule has 0 saturated heterocycles. The highest BCUT2D eigenvalue weighted by Crippen LogP contribution is 2.35. The minimum atomic E-state index is 0.703. The van der Waals surface area contributed by atoms with E-state index in [4.69, 9.17) is 4.74 Å². The molecular weight excluding hydrogens is 330 g/mol. The van der Waals surface area contributed by atoms with Crippen LogP contribution in [0.2, 0.25) is 0 Å². The zero-order valence-electron chi connectivity index (χ0n) is 13.8. The summed E-state index contributed by atoms with van der Waals surface area (Å²) in [6.07, 6.45) is 1.61. The van der Waals surface area contributed by atoms with Crippen LogP contribution in [-0.4, -0.2) is 17.1 Å². The number of ether oxygens (including phenoxy) is 1. The van der Waals surface area contributed by atoms with Crippen molar-refractivity contribution in [2.24, 2.45) is 0 Å². The summed E-state index contributed by atoms with van der Waals surface area (Å²) in [7, 11) is 1.67. The van der Waals surface area contributed by atoms with Crippen LogP contribution in [0.5, 0.6) is 5.75 Å². The second-order valence-electron chi connectivity index (χ2n) is 5.61. The van der Waals surface area contributed by atoms with Crippen molar-refractivity contribution in [1.29, 1.82) is 0 Å². The lowest BCUT2D eigenvalue weighted by molar-refractivity contribution is 0.414. The molecule has 2 heterocycles. The first-order chi connectivity index (χ1) is 12.3. The molecule has 0 fully saturated rings. The van der Waals surface area contributed by atoms with Crippen molar-refractivity contribution in [2.75, 3.05) is 12.4 Å². The number of fused-ring (bicyclic) bond motifs is 1. The van der Waals surface area contributed by atoms with Crippen molar-refractivity contribution >= 4 is 27.4 Å². The summed E-state index contributed by atoms with van der Waals surface area (Å²) in [5.41, 5.74) is 3.34. The molecule has 0 aliphatic heterocycles. The number of hydrogen-bond acceptors (Lipinski definition) is 5. The quantitative estimate of drug-likeness (QED) is 0.553. The van der Waals surface area contributed by atoms with Gasteiger partial charge < -0.3 is 10.1 Å². The van der Waals surface area contributed by atoms with Crippen LogP contribution < -0.4 is 10.1 Å². The molecule has 0 bridgehead atoms. The third-order valence-corrected chi connectivity index (χ3v) is 5.17. The monoisotopic (exact) mass is 347 g/mol. The normalized spacial score (nSPS) is 10.8. The van der Waals surface area contributed by atoms with Crippen molar-refractivity contribution in [2.45, 2.75) is 6.54 Å². The van der Waals surface area contributed by atoms with Gasteiger partial charge in [0.2, 0.25) is 0 Å². The first kappa shape index (κ1) is 15.6. The average Bonchev–Trinajstić information content (AvgIpc) is 3.12. The van der Waals surface area contributed by atoms with Crippen molar-refractivity contribution in [3.05, 3.63) is 72.6 Å². The SMILES string of the molecule is COc1ccc(CNc2ncnc3cc(-c4ccccc4)sc23)cc1. The van der Waals surface area contributed by atoms with E-state index >= 15 is 0 Å². The van der Waals surface area contributed by atoms with Crippen molar-refractivity contribution in [3.8, 4) is 16.2 Å². The molecule has 0 spiro atoms. The van der Waals surface area contributed by atoms with Gasteiger partial charge in [-0.15, -0.1) is 11.3 Å². The number of benzene rings is 2. The van der Waals surface area contributed by atoms with Gasteiger partial charge in [0, 0.05) is 11.4 Å². The van der Waals surface area contributed by atoms with Gasteiger partial charge in [-0.25, -0.2) is 9.97 Å². The first-order valence-corrected chi connectivity index (χ1v) is 8.82. The summed E-state index contributed by atoms with van der Waals surface area (Å²) in [4.78, 5) is 10.0. The molecule has 0 amide bonds. The second kappa shape index (κ2) is 6.91. The van der Waals surface area contributed by atoms with E-state index in [1.807, 2.05) is 42.5 Å². The molecule has 5 heteroatoms. The highest BCUT2D eigenvalue weighted by molar-refractivity contribution is 7.22. The third kappa shape index (κ3) is 3.32. The molecule has 0 saturated carbocycles. The molecule has 0 aliphatic carbocycles. The Balaban J connectivity index is 1.60. The van der Waals surface area contributed by atoms with Crippen LogP contribution in [-0.2, 0) is 6.54 Å². The van der Waals surface area contributed by atoms with Crippen LogP contribution in [0.1, 0.15) is 5.56 Å². The molecule has 25 heavy (non-hydrogen) atoms. The maximum Gasteiger partial charge on any atom is 0.147 e. The highest BCUT2D eigenvalue weighted by Gasteiger charge is 2.10. The van der Waals surface area contributed by atoms with Crippen LogP contribution >= 0.6 is 11.3 Å². The van der Waals surface area contributed by atoms with Crippen LogP contribution in [0.15, 0.2) is 67.0 Å². The van der Waals surface area contributed by atoms with Gasteiger partial charge in [0.1, 0.15) is 17.9 Å². The van der Waals surface area contributed by atoms with Gasteiger partial charge in [0.25, 0.3) is 0 Å². The molecular formula is C20H17N3OS. The fourth-order valence-corrected chi connectivity index (χ4v) is 3.74. The van der Waals surface area contributed by atoms with Gasteiger partial charge in [-0.05, 0) is 29.3 Å². The van der Waals surface area contributed by atoms with Gasteiger partial charge in [-0.1, -0.05) is 42.5 Å². The number of nitrogens with one attached hydrogen (secondary N) is 1. The molecule has 0 radical (unpaired) electrons. The minimum absolute atomic E-state index is 0.703. The fraction of sp³-hybridized carbons (Fsp3) is 0.100. The predicted octanol–water partition coefficient (Wildman–Crippen LogP) is 4.98. The minimum Gasteiger partial charge on any atom is -0.497 e. The molecule has 0 unspecified atom stereocenters. The Hall–Kier alpha value is -2.92. The number of methoxy groups -OCH3 is 1. The lowest BCUT2D eigenvalue weighted by Gasteiger charge is -2.07. The number of aromatic nitrogens is 2. The first-order valence-electron chi connectivity index (χ1n) is 8.00. The van der Waals surface area contributed by atoms with E-state index in [2.05, 4.69) is 33.5 Å². The molecule has 2 aromatic heterocycles. The van der Waals surface area contributed by atoms with Gasteiger partial charge in [-0.3, -0.25) is 0 Å². The average molecular weight is 347 g/mol. The Kier molecular flexibility index (Phi) is 4.31. The molecule has 0 atom stereocenters. The van der Waals surface area contributed by atoms with Crippen LogP contribution in [0.25, 0.3) is 20.7 Å². The molecule has 4 nitrogen and oxygen atoms in total. The molecule has 4 aromatic rings. The number of anilines is 1.